The number of benzene rings is 2. The smallest absolute Gasteiger partial charge is 0.232 e. The summed E-state index contributed by atoms with van der Waals surface area (Å²) >= 11 is 0. The summed E-state index contributed by atoms with van der Waals surface area (Å²) < 4.78 is 5.79. The van der Waals surface area contributed by atoms with Gasteiger partial charge in [0.15, 0.2) is 0 Å². The van der Waals surface area contributed by atoms with Gasteiger partial charge in [-0.1, -0.05) is 48.5 Å². The maximum atomic E-state index is 9.80. The topological polar surface area (TPSA) is 102 Å². The Morgan fingerprint density at radius 1 is 1.00 bits per heavy atom. The van der Waals surface area contributed by atoms with Gasteiger partial charge < -0.3 is 15.2 Å². The highest BCUT2D eigenvalue weighted by molar-refractivity contribution is 5.86. The number of anilines is 1. The molecule has 3 rings (SSSR count). The normalized spacial score (nSPS) is 9.96. The number of para-hydroxylation sites is 1. The lowest BCUT2D eigenvalue weighted by atomic mass is 9.95. The lowest BCUT2D eigenvalue weighted by Crippen LogP contribution is -2.08. The molecule has 0 saturated heterocycles. The molecule has 0 unspecified atom stereocenters. The summed E-state index contributed by atoms with van der Waals surface area (Å²) in [7, 11) is 0. The number of ether oxygens (including phenoxy) is 1. The van der Waals surface area contributed by atoms with Crippen LogP contribution in [-0.2, 0) is 6.61 Å². The van der Waals surface area contributed by atoms with Gasteiger partial charge >= 0.3 is 0 Å². The van der Waals surface area contributed by atoms with Crippen LogP contribution in [0.4, 0.5) is 5.69 Å². The Labute approximate surface area is 163 Å². The van der Waals surface area contributed by atoms with Crippen molar-refractivity contribution in [1.82, 2.24) is 4.98 Å². The zero-order chi connectivity index (χ0) is 19.8. The largest absolute Gasteiger partial charge is 0.472 e. The fourth-order valence-electron chi connectivity index (χ4n) is 2.84. The molecule has 0 radical (unpaired) electrons. The highest BCUT2D eigenvalue weighted by Gasteiger charge is 2.20. The van der Waals surface area contributed by atoms with Crippen molar-refractivity contribution in [2.75, 3.05) is 18.5 Å². The number of pyridine rings is 1. The minimum Gasteiger partial charge on any atom is -0.472 e. The summed E-state index contributed by atoms with van der Waals surface area (Å²) in [6, 6.07) is 21.1. The second-order valence-corrected chi connectivity index (χ2v) is 5.92. The van der Waals surface area contributed by atoms with E-state index in [0.717, 1.165) is 5.56 Å². The molecule has 0 amide bonds. The molecule has 0 aliphatic carbocycles. The zero-order valence-corrected chi connectivity index (χ0v) is 15.1. The summed E-state index contributed by atoms with van der Waals surface area (Å²) in [5.74, 6) is 0.178. The summed E-state index contributed by atoms with van der Waals surface area (Å²) in [5.41, 5.74) is 3.28. The lowest BCUT2D eigenvalue weighted by molar-refractivity contribution is 0.293. The van der Waals surface area contributed by atoms with E-state index in [0.29, 0.717) is 23.4 Å². The van der Waals surface area contributed by atoms with Crippen LogP contribution in [-0.4, -0.2) is 23.2 Å². The van der Waals surface area contributed by atoms with E-state index in [1.54, 1.807) is 0 Å². The molecular weight excluding hydrogens is 352 g/mol. The first kappa shape index (κ1) is 18.9. The van der Waals surface area contributed by atoms with E-state index in [2.05, 4.69) is 22.4 Å². The van der Waals surface area contributed by atoms with E-state index in [4.69, 9.17) is 9.84 Å². The third-order valence-electron chi connectivity index (χ3n) is 4.12. The van der Waals surface area contributed by atoms with Gasteiger partial charge in [-0.25, -0.2) is 4.98 Å². The van der Waals surface area contributed by atoms with Crippen molar-refractivity contribution in [2.45, 2.75) is 6.61 Å². The fraction of sp³-hybridized carbons (Fsp3) is 0.136. The first-order valence-electron chi connectivity index (χ1n) is 8.72. The standard InChI is InChI=1S/C22H18N4O2/c23-12-17-14-26-22(28-15-16-6-2-1-3-7-16)19(13-24)21(17)18-8-4-5-9-20(18)25-10-11-27/h1-9,14,25,27H,10-11,15H2. The van der Waals surface area contributed by atoms with Crippen molar-refractivity contribution in [3.05, 3.63) is 77.5 Å². The Bertz CT molecular complexity index is 1040. The molecule has 1 heterocycles. The SMILES string of the molecule is N#Cc1cnc(OCc2ccccc2)c(C#N)c1-c1ccccc1NCCO. The van der Waals surface area contributed by atoms with Crippen molar-refractivity contribution in [3.63, 3.8) is 0 Å². The van der Waals surface area contributed by atoms with Gasteiger partial charge in [0, 0.05) is 29.6 Å². The van der Waals surface area contributed by atoms with Gasteiger partial charge in [-0.2, -0.15) is 10.5 Å². The van der Waals surface area contributed by atoms with E-state index in [1.807, 2.05) is 54.6 Å². The molecule has 0 aliphatic heterocycles. The molecule has 0 saturated carbocycles. The monoisotopic (exact) mass is 370 g/mol. The number of nitrogens with zero attached hydrogens (tertiary/aromatic N) is 3. The van der Waals surface area contributed by atoms with Crippen molar-refractivity contribution >= 4 is 5.69 Å². The average molecular weight is 370 g/mol. The number of rotatable bonds is 7. The summed E-state index contributed by atoms with van der Waals surface area (Å²) in [4.78, 5) is 4.19. The Hall–Kier alpha value is -3.87. The summed E-state index contributed by atoms with van der Waals surface area (Å²) in [6.07, 6.45) is 1.42. The van der Waals surface area contributed by atoms with Crippen LogP contribution >= 0.6 is 0 Å². The minimum absolute atomic E-state index is 0.0354. The van der Waals surface area contributed by atoms with Crippen LogP contribution in [0.2, 0.25) is 0 Å². The molecule has 1 aromatic heterocycles. The molecule has 0 bridgehead atoms. The van der Waals surface area contributed by atoms with Crippen LogP contribution < -0.4 is 10.1 Å². The summed E-state index contributed by atoms with van der Waals surface area (Å²) in [5, 5.41) is 31.6. The Morgan fingerprint density at radius 3 is 2.46 bits per heavy atom. The van der Waals surface area contributed by atoms with E-state index in [1.165, 1.54) is 6.20 Å². The second-order valence-electron chi connectivity index (χ2n) is 5.92. The van der Waals surface area contributed by atoms with Gasteiger partial charge in [-0.15, -0.1) is 0 Å². The van der Waals surface area contributed by atoms with Gasteiger partial charge in [0.25, 0.3) is 0 Å². The fourth-order valence-corrected chi connectivity index (χ4v) is 2.84. The minimum atomic E-state index is -0.0354. The molecule has 28 heavy (non-hydrogen) atoms. The Kier molecular flexibility index (Phi) is 6.20. The van der Waals surface area contributed by atoms with Gasteiger partial charge in [-0.05, 0) is 11.6 Å². The number of nitriles is 2. The molecule has 3 aromatic rings. The third-order valence-corrected chi connectivity index (χ3v) is 4.12. The van der Waals surface area contributed by atoms with Gasteiger partial charge in [-0.3, -0.25) is 0 Å². The molecule has 0 atom stereocenters. The van der Waals surface area contributed by atoms with Gasteiger partial charge in [0.05, 0.1) is 12.2 Å². The van der Waals surface area contributed by atoms with Crippen LogP contribution in [0.15, 0.2) is 60.8 Å². The van der Waals surface area contributed by atoms with E-state index < -0.39 is 0 Å². The lowest BCUT2D eigenvalue weighted by Gasteiger charge is -2.15. The number of aliphatic hydroxyl groups is 1. The molecule has 0 fully saturated rings. The quantitative estimate of drug-likeness (QED) is 0.660. The molecule has 0 spiro atoms. The first-order chi connectivity index (χ1) is 13.8. The van der Waals surface area contributed by atoms with E-state index in [-0.39, 0.29) is 30.2 Å². The number of aromatic nitrogens is 1. The van der Waals surface area contributed by atoms with Crippen LogP contribution in [0, 0.1) is 22.7 Å². The first-order valence-corrected chi connectivity index (χ1v) is 8.72. The van der Waals surface area contributed by atoms with Crippen LogP contribution in [0.3, 0.4) is 0 Å². The van der Waals surface area contributed by atoms with Crippen LogP contribution in [0.25, 0.3) is 11.1 Å². The predicted molar refractivity (Wildman–Crippen MR) is 105 cm³/mol. The number of hydrogen-bond acceptors (Lipinski definition) is 6. The van der Waals surface area contributed by atoms with Gasteiger partial charge in [0.1, 0.15) is 24.3 Å². The predicted octanol–water partition coefficient (Wildman–Crippen LogP) is 3.48. The highest BCUT2D eigenvalue weighted by Crippen LogP contribution is 2.36. The molecule has 6 heteroatoms. The molecule has 2 N–H and O–H groups in total. The number of hydrogen-bond donors (Lipinski definition) is 2. The van der Waals surface area contributed by atoms with Crippen molar-refractivity contribution < 1.29 is 9.84 Å². The van der Waals surface area contributed by atoms with Crippen molar-refractivity contribution in [2.24, 2.45) is 0 Å². The number of nitrogens with one attached hydrogen (secondary N) is 1. The average Bonchev–Trinajstić information content (AvgIpc) is 2.76. The maximum absolute atomic E-state index is 9.80. The van der Waals surface area contributed by atoms with Crippen LogP contribution in [0.1, 0.15) is 16.7 Å². The Balaban J connectivity index is 2.06. The molecule has 6 nitrogen and oxygen atoms in total. The van der Waals surface area contributed by atoms with Crippen LogP contribution in [0.5, 0.6) is 5.88 Å². The van der Waals surface area contributed by atoms with E-state index >= 15 is 0 Å². The highest BCUT2D eigenvalue weighted by atomic mass is 16.5. The molecule has 0 aliphatic rings. The zero-order valence-electron chi connectivity index (χ0n) is 15.1. The molecule has 2 aromatic carbocycles. The number of aliphatic hydroxyl groups excluding tert-OH is 1. The third kappa shape index (κ3) is 4.09. The second kappa shape index (κ2) is 9.18. The van der Waals surface area contributed by atoms with Crippen molar-refractivity contribution in [3.8, 4) is 29.1 Å². The van der Waals surface area contributed by atoms with Crippen molar-refractivity contribution in [1.29, 1.82) is 10.5 Å². The van der Waals surface area contributed by atoms with E-state index in [9.17, 15) is 10.5 Å². The molecule has 138 valence electrons. The maximum Gasteiger partial charge on any atom is 0.232 e. The molecular formula is C22H18N4O2. The summed E-state index contributed by atoms with van der Waals surface area (Å²) in [6.45, 7) is 0.577. The van der Waals surface area contributed by atoms with Gasteiger partial charge in [0.2, 0.25) is 5.88 Å². The Morgan fingerprint density at radius 2 is 1.75 bits per heavy atom.